The quantitative estimate of drug-likeness (QED) is 0.623. The van der Waals surface area contributed by atoms with Gasteiger partial charge in [0.05, 0.1) is 12.2 Å². The molecule has 0 aliphatic rings. The number of hydrogen-bond acceptors (Lipinski definition) is 2. The Morgan fingerprint density at radius 2 is 1.79 bits per heavy atom. The summed E-state index contributed by atoms with van der Waals surface area (Å²) in [5, 5.41) is -0.365. The Balaban J connectivity index is 3.38. The summed E-state index contributed by atoms with van der Waals surface area (Å²) < 4.78 is 69.3. The fourth-order valence-corrected chi connectivity index (χ4v) is 1.53. The Bertz CT molecular complexity index is 484. The zero-order valence-electron chi connectivity index (χ0n) is 9.52. The minimum Gasteiger partial charge on any atom is -0.461 e. The molecule has 1 aromatic rings. The average Bonchev–Trinajstić information content (AvgIpc) is 2.27. The molecule has 106 valence electrons. The van der Waals surface area contributed by atoms with Crippen LogP contribution in [0.25, 0.3) is 0 Å². The molecule has 0 saturated heterocycles. The van der Waals surface area contributed by atoms with E-state index in [-0.39, 0.29) is 11.6 Å². The minimum absolute atomic E-state index is 0.337. The molecule has 0 atom stereocenters. The van der Waals surface area contributed by atoms with Gasteiger partial charge in [-0.2, -0.15) is 22.0 Å². The van der Waals surface area contributed by atoms with Crippen molar-refractivity contribution in [2.75, 3.05) is 6.61 Å². The molecule has 8 heteroatoms. The zero-order valence-corrected chi connectivity index (χ0v) is 10.3. The monoisotopic (exact) mass is 302 g/mol. The molecule has 0 amide bonds. The van der Waals surface area contributed by atoms with Crippen LogP contribution in [-0.4, -0.2) is 12.6 Å². The summed E-state index contributed by atoms with van der Waals surface area (Å²) in [6, 6.07) is 1.64. The van der Waals surface area contributed by atoms with E-state index in [1.165, 1.54) is 6.92 Å². The van der Waals surface area contributed by atoms with Crippen LogP contribution in [-0.2, 0) is 21.6 Å². The van der Waals surface area contributed by atoms with E-state index in [0.29, 0.717) is 12.1 Å². The van der Waals surface area contributed by atoms with E-state index < -0.39 is 29.2 Å². The van der Waals surface area contributed by atoms with Crippen molar-refractivity contribution in [2.45, 2.75) is 19.0 Å². The fourth-order valence-electron chi connectivity index (χ4n) is 1.36. The summed E-state index contributed by atoms with van der Waals surface area (Å²) in [7, 11) is 0. The third-order valence-electron chi connectivity index (χ3n) is 2.16. The Morgan fingerprint density at radius 1 is 1.21 bits per heavy atom. The van der Waals surface area contributed by atoms with Gasteiger partial charge in [0.25, 0.3) is 0 Å². The molecule has 1 rings (SSSR count). The highest BCUT2D eigenvalue weighted by Crippen LogP contribution is 2.41. The number of alkyl halides is 5. The lowest BCUT2D eigenvalue weighted by atomic mass is 10.0. The van der Waals surface area contributed by atoms with Crippen molar-refractivity contribution in [1.82, 2.24) is 0 Å². The lowest BCUT2D eigenvalue weighted by Gasteiger charge is -2.19. The maximum absolute atomic E-state index is 13.6. The van der Waals surface area contributed by atoms with Gasteiger partial charge in [-0.15, -0.1) is 0 Å². The highest BCUT2D eigenvalue weighted by atomic mass is 35.5. The van der Waals surface area contributed by atoms with Crippen LogP contribution in [0.3, 0.4) is 0 Å². The zero-order chi connectivity index (χ0) is 14.8. The van der Waals surface area contributed by atoms with Crippen molar-refractivity contribution in [3.63, 3.8) is 0 Å². The fraction of sp³-hybridized carbons (Fsp3) is 0.364. The van der Waals surface area contributed by atoms with E-state index in [1.807, 2.05) is 0 Å². The van der Waals surface area contributed by atoms with Crippen LogP contribution in [0.15, 0.2) is 18.2 Å². The molecule has 0 spiro atoms. The van der Waals surface area contributed by atoms with Crippen molar-refractivity contribution in [3.8, 4) is 0 Å². The van der Waals surface area contributed by atoms with Gasteiger partial charge in [-0.3, -0.25) is 0 Å². The molecule has 0 bridgehead atoms. The van der Waals surface area contributed by atoms with Crippen LogP contribution in [0.4, 0.5) is 22.0 Å². The van der Waals surface area contributed by atoms with Crippen molar-refractivity contribution in [2.24, 2.45) is 0 Å². The molecule has 0 N–H and O–H groups in total. The number of rotatable bonds is 3. The molecule has 0 radical (unpaired) electrons. The summed E-state index contributed by atoms with van der Waals surface area (Å²) in [5.74, 6) is -6.44. The van der Waals surface area contributed by atoms with E-state index in [1.54, 1.807) is 0 Å². The minimum atomic E-state index is -5.06. The molecule has 0 unspecified atom stereocenters. The predicted octanol–water partition coefficient (Wildman–Crippen LogP) is 4.01. The third-order valence-corrected chi connectivity index (χ3v) is 2.39. The molecule has 0 heterocycles. The molecule has 0 fully saturated rings. The molecule has 1 aromatic carbocycles. The smallest absolute Gasteiger partial charge is 0.416 e. The molecular weight excluding hydrogens is 295 g/mol. The van der Waals surface area contributed by atoms with Crippen LogP contribution in [0.2, 0.25) is 5.02 Å². The van der Waals surface area contributed by atoms with Gasteiger partial charge < -0.3 is 4.74 Å². The summed E-state index contributed by atoms with van der Waals surface area (Å²) in [5.41, 5.74) is -3.15. The summed E-state index contributed by atoms with van der Waals surface area (Å²) in [4.78, 5) is 11.1. The number of benzene rings is 1. The first kappa shape index (κ1) is 15.7. The number of ether oxygens (including phenoxy) is 1. The van der Waals surface area contributed by atoms with Gasteiger partial charge in [-0.1, -0.05) is 17.7 Å². The lowest BCUT2D eigenvalue weighted by molar-refractivity contribution is -0.175. The summed E-state index contributed by atoms with van der Waals surface area (Å²) in [6.07, 6.45) is -5.06. The topological polar surface area (TPSA) is 26.3 Å². The van der Waals surface area contributed by atoms with Crippen LogP contribution in [0.5, 0.6) is 0 Å². The molecule has 2 nitrogen and oxygen atoms in total. The Labute approximate surface area is 110 Å². The normalized spacial score (nSPS) is 12.4. The number of hydrogen-bond donors (Lipinski definition) is 0. The van der Waals surface area contributed by atoms with Gasteiger partial charge >= 0.3 is 18.1 Å². The first-order valence-electron chi connectivity index (χ1n) is 5.03. The molecular formula is C11H8ClF5O2. The SMILES string of the molecule is CCOC(=O)C(F)(F)c1ccc(Cl)cc1C(F)(F)F. The Kier molecular flexibility index (Phi) is 4.39. The van der Waals surface area contributed by atoms with Crippen molar-refractivity contribution < 1.29 is 31.5 Å². The van der Waals surface area contributed by atoms with Crippen LogP contribution in [0.1, 0.15) is 18.1 Å². The highest BCUT2D eigenvalue weighted by Gasteiger charge is 2.49. The van der Waals surface area contributed by atoms with Crippen LogP contribution >= 0.6 is 11.6 Å². The summed E-state index contributed by atoms with van der Waals surface area (Å²) >= 11 is 5.35. The molecule has 0 aliphatic carbocycles. The maximum Gasteiger partial charge on any atom is 0.416 e. The molecule has 19 heavy (non-hydrogen) atoms. The number of esters is 1. The van der Waals surface area contributed by atoms with Crippen LogP contribution in [0, 0.1) is 0 Å². The standard InChI is InChI=1S/C11H8ClF5O2/c1-2-19-9(18)10(13,14)7-4-3-6(12)5-8(7)11(15,16)17/h3-5H,2H2,1H3. The van der Waals surface area contributed by atoms with Crippen molar-refractivity contribution in [3.05, 3.63) is 34.3 Å². The van der Waals surface area contributed by atoms with Crippen molar-refractivity contribution >= 4 is 17.6 Å². The van der Waals surface area contributed by atoms with E-state index in [2.05, 4.69) is 4.74 Å². The van der Waals surface area contributed by atoms with E-state index in [9.17, 15) is 26.7 Å². The molecule has 0 saturated carbocycles. The maximum atomic E-state index is 13.6. The van der Waals surface area contributed by atoms with Crippen molar-refractivity contribution in [1.29, 1.82) is 0 Å². The average molecular weight is 303 g/mol. The second kappa shape index (κ2) is 5.32. The first-order chi connectivity index (χ1) is 8.60. The largest absolute Gasteiger partial charge is 0.461 e. The number of halogens is 6. The van der Waals surface area contributed by atoms with Gasteiger partial charge in [0.1, 0.15) is 0 Å². The van der Waals surface area contributed by atoms with Crippen LogP contribution < -0.4 is 0 Å². The highest BCUT2D eigenvalue weighted by molar-refractivity contribution is 6.30. The Hall–Kier alpha value is -1.37. The Morgan fingerprint density at radius 3 is 2.26 bits per heavy atom. The first-order valence-corrected chi connectivity index (χ1v) is 5.40. The van der Waals surface area contributed by atoms with E-state index >= 15 is 0 Å². The second-order valence-electron chi connectivity index (χ2n) is 3.48. The van der Waals surface area contributed by atoms with Gasteiger partial charge in [0, 0.05) is 10.6 Å². The number of carbonyl (C=O) groups is 1. The summed E-state index contributed by atoms with van der Waals surface area (Å²) in [6.45, 7) is 0.893. The van der Waals surface area contributed by atoms with Gasteiger partial charge in [0.2, 0.25) is 0 Å². The van der Waals surface area contributed by atoms with E-state index in [4.69, 9.17) is 11.6 Å². The van der Waals surface area contributed by atoms with Gasteiger partial charge in [-0.25, -0.2) is 4.79 Å². The second-order valence-corrected chi connectivity index (χ2v) is 3.92. The molecule has 0 aliphatic heterocycles. The molecule has 0 aromatic heterocycles. The van der Waals surface area contributed by atoms with Gasteiger partial charge in [-0.05, 0) is 19.1 Å². The van der Waals surface area contributed by atoms with E-state index in [0.717, 1.165) is 6.07 Å². The number of carbonyl (C=O) groups excluding carboxylic acids is 1. The van der Waals surface area contributed by atoms with Gasteiger partial charge in [0.15, 0.2) is 0 Å². The lowest BCUT2D eigenvalue weighted by Crippen LogP contribution is -2.31. The predicted molar refractivity (Wildman–Crippen MR) is 57.0 cm³/mol. The third kappa shape index (κ3) is 3.34.